The molecule has 1 aromatic carbocycles. The summed E-state index contributed by atoms with van der Waals surface area (Å²) in [6, 6.07) is 9.94. The van der Waals surface area contributed by atoms with E-state index in [0.717, 1.165) is 21.5 Å². The van der Waals surface area contributed by atoms with Crippen molar-refractivity contribution in [2.45, 2.75) is 38.3 Å². The fourth-order valence-electron chi connectivity index (χ4n) is 3.14. The third-order valence-corrected chi connectivity index (χ3v) is 5.24. The lowest BCUT2D eigenvalue weighted by Crippen LogP contribution is -2.27. The summed E-state index contributed by atoms with van der Waals surface area (Å²) in [5.74, 6) is -0.177. The van der Waals surface area contributed by atoms with Crippen molar-refractivity contribution in [3.05, 3.63) is 63.7 Å². The van der Waals surface area contributed by atoms with Crippen molar-refractivity contribution < 1.29 is 4.79 Å². The average Bonchev–Trinajstić information content (AvgIpc) is 3.04. The zero-order valence-corrected chi connectivity index (χ0v) is 16.2. The Hall–Kier alpha value is -2.47. The van der Waals surface area contributed by atoms with Crippen LogP contribution in [0.5, 0.6) is 0 Å². The molecule has 0 saturated heterocycles. The van der Waals surface area contributed by atoms with Crippen LogP contribution < -0.4 is 10.9 Å². The summed E-state index contributed by atoms with van der Waals surface area (Å²) in [6.07, 6.45) is 3.93. The number of benzene rings is 1. The number of carbonyl (C=O) groups is 1. The first-order valence-electron chi connectivity index (χ1n) is 8.57. The Labute approximate surface area is 156 Å². The van der Waals surface area contributed by atoms with Gasteiger partial charge in [-0.05, 0) is 51.3 Å². The largest absolute Gasteiger partial charge is 0.348 e. The van der Waals surface area contributed by atoms with E-state index in [1.165, 1.54) is 11.8 Å². The lowest BCUT2D eigenvalue weighted by Gasteiger charge is -2.11. The number of nitrogens with one attached hydrogen (secondary N) is 2. The fraction of sp³-hybridized carbons (Fsp3) is 0.300. The molecule has 0 fully saturated rings. The van der Waals surface area contributed by atoms with E-state index in [2.05, 4.69) is 28.7 Å². The first kappa shape index (κ1) is 18.3. The van der Waals surface area contributed by atoms with Crippen LogP contribution in [-0.2, 0) is 6.54 Å². The number of aromatic nitrogens is 2. The predicted molar refractivity (Wildman–Crippen MR) is 107 cm³/mol. The molecule has 0 radical (unpaired) electrons. The number of aromatic amines is 1. The van der Waals surface area contributed by atoms with E-state index in [0.29, 0.717) is 17.2 Å². The van der Waals surface area contributed by atoms with Gasteiger partial charge in [-0.15, -0.1) is 11.8 Å². The molecule has 0 saturated carbocycles. The summed E-state index contributed by atoms with van der Waals surface area (Å²) < 4.78 is 2.14. The summed E-state index contributed by atoms with van der Waals surface area (Å²) in [7, 11) is 0. The Kier molecular flexibility index (Phi) is 5.23. The highest BCUT2D eigenvalue weighted by Crippen LogP contribution is 2.24. The van der Waals surface area contributed by atoms with E-state index >= 15 is 0 Å². The van der Waals surface area contributed by atoms with Crippen molar-refractivity contribution in [1.29, 1.82) is 0 Å². The van der Waals surface area contributed by atoms with Gasteiger partial charge in [0.25, 0.3) is 11.5 Å². The van der Waals surface area contributed by atoms with Crippen molar-refractivity contribution in [3.63, 3.8) is 0 Å². The van der Waals surface area contributed by atoms with Gasteiger partial charge in [0.2, 0.25) is 0 Å². The molecule has 0 spiro atoms. The third kappa shape index (κ3) is 3.42. The minimum atomic E-state index is -0.177. The van der Waals surface area contributed by atoms with Crippen LogP contribution in [0.15, 0.2) is 46.2 Å². The van der Waals surface area contributed by atoms with E-state index in [-0.39, 0.29) is 18.0 Å². The molecule has 0 atom stereocenters. The molecule has 2 heterocycles. The van der Waals surface area contributed by atoms with Crippen molar-refractivity contribution in [3.8, 4) is 0 Å². The summed E-state index contributed by atoms with van der Waals surface area (Å²) >= 11 is 1.51. The highest BCUT2D eigenvalue weighted by Gasteiger charge is 2.15. The number of carbonyl (C=O) groups excluding carboxylic acids is 1. The number of rotatable bonds is 5. The van der Waals surface area contributed by atoms with Crippen LogP contribution in [0, 0.1) is 6.92 Å². The summed E-state index contributed by atoms with van der Waals surface area (Å²) in [6.45, 7) is 6.27. The number of pyridine rings is 1. The molecule has 6 heteroatoms. The van der Waals surface area contributed by atoms with Gasteiger partial charge in [-0.3, -0.25) is 9.59 Å². The van der Waals surface area contributed by atoms with Gasteiger partial charge < -0.3 is 14.9 Å². The second-order valence-electron chi connectivity index (χ2n) is 6.57. The number of amides is 1. The Balaban J connectivity index is 1.88. The van der Waals surface area contributed by atoms with Crippen LogP contribution in [0.2, 0.25) is 0 Å². The van der Waals surface area contributed by atoms with E-state index in [1.54, 1.807) is 0 Å². The molecule has 1 amide bonds. The molecule has 3 rings (SSSR count). The molecule has 26 heavy (non-hydrogen) atoms. The summed E-state index contributed by atoms with van der Waals surface area (Å²) in [5, 5.41) is 3.82. The zero-order valence-electron chi connectivity index (χ0n) is 15.4. The lowest BCUT2D eigenvalue weighted by molar-refractivity contribution is 0.0952. The van der Waals surface area contributed by atoms with E-state index in [9.17, 15) is 9.59 Å². The molecule has 2 aromatic heterocycles. The molecule has 136 valence electrons. The maximum atomic E-state index is 12.7. The first-order valence-corrected chi connectivity index (χ1v) is 9.79. The Morgan fingerprint density at radius 1 is 1.31 bits per heavy atom. The van der Waals surface area contributed by atoms with E-state index in [1.807, 2.05) is 49.7 Å². The van der Waals surface area contributed by atoms with Crippen LogP contribution in [0.4, 0.5) is 0 Å². The van der Waals surface area contributed by atoms with Gasteiger partial charge >= 0.3 is 0 Å². The molecule has 0 aliphatic carbocycles. The zero-order chi connectivity index (χ0) is 18.8. The van der Waals surface area contributed by atoms with Crippen LogP contribution in [0.3, 0.4) is 0 Å². The van der Waals surface area contributed by atoms with Crippen molar-refractivity contribution in [2.24, 2.45) is 0 Å². The molecular formula is C20H23N3O2S. The minimum Gasteiger partial charge on any atom is -0.348 e. The van der Waals surface area contributed by atoms with Gasteiger partial charge in [-0.1, -0.05) is 6.07 Å². The molecule has 0 aliphatic rings. The normalized spacial score (nSPS) is 11.3. The van der Waals surface area contributed by atoms with Gasteiger partial charge in [0, 0.05) is 51.4 Å². The smallest absolute Gasteiger partial charge is 0.254 e. The topological polar surface area (TPSA) is 66.9 Å². The molecule has 0 bridgehead atoms. The fourth-order valence-corrected chi connectivity index (χ4v) is 3.84. The van der Waals surface area contributed by atoms with Gasteiger partial charge in [-0.25, -0.2) is 0 Å². The Bertz CT molecular complexity index is 1020. The predicted octanol–water partition coefficient (Wildman–Crippen LogP) is 3.87. The molecular weight excluding hydrogens is 346 g/mol. The molecule has 3 aromatic rings. The van der Waals surface area contributed by atoms with Gasteiger partial charge in [0.05, 0.1) is 0 Å². The maximum Gasteiger partial charge on any atom is 0.254 e. The molecule has 0 unspecified atom stereocenters. The second kappa shape index (κ2) is 7.41. The minimum absolute atomic E-state index is 0.154. The SMILES string of the molecule is CSc1cc(C)[nH]c(=O)c1CNC(=O)c1cccc2c1ccn2C(C)C. The maximum absolute atomic E-state index is 12.7. The quantitative estimate of drug-likeness (QED) is 0.671. The molecule has 5 nitrogen and oxygen atoms in total. The molecule has 0 aliphatic heterocycles. The first-order chi connectivity index (χ1) is 12.4. The number of thioether (sulfide) groups is 1. The van der Waals surface area contributed by atoms with Crippen LogP contribution in [0.1, 0.15) is 41.5 Å². The highest BCUT2D eigenvalue weighted by atomic mass is 32.2. The van der Waals surface area contributed by atoms with Crippen molar-refractivity contribution in [1.82, 2.24) is 14.9 Å². The molecule has 2 N–H and O–H groups in total. The Morgan fingerprint density at radius 3 is 2.77 bits per heavy atom. The average molecular weight is 369 g/mol. The number of fused-ring (bicyclic) bond motifs is 1. The number of nitrogens with zero attached hydrogens (tertiary/aromatic N) is 1. The lowest BCUT2D eigenvalue weighted by atomic mass is 10.1. The van der Waals surface area contributed by atoms with Crippen LogP contribution >= 0.6 is 11.8 Å². The van der Waals surface area contributed by atoms with Gasteiger partial charge in [0.1, 0.15) is 0 Å². The summed E-state index contributed by atoms with van der Waals surface area (Å²) in [4.78, 5) is 28.7. The highest BCUT2D eigenvalue weighted by molar-refractivity contribution is 7.98. The summed E-state index contributed by atoms with van der Waals surface area (Å²) in [5.41, 5.74) is 2.90. The van der Waals surface area contributed by atoms with Crippen LogP contribution in [-0.4, -0.2) is 21.7 Å². The van der Waals surface area contributed by atoms with Crippen molar-refractivity contribution in [2.75, 3.05) is 6.26 Å². The number of hydrogen-bond donors (Lipinski definition) is 2. The van der Waals surface area contributed by atoms with Crippen molar-refractivity contribution >= 4 is 28.6 Å². The van der Waals surface area contributed by atoms with Gasteiger partial charge in [0.15, 0.2) is 0 Å². The van der Waals surface area contributed by atoms with Gasteiger partial charge in [-0.2, -0.15) is 0 Å². The number of hydrogen-bond acceptors (Lipinski definition) is 3. The van der Waals surface area contributed by atoms with E-state index < -0.39 is 0 Å². The monoisotopic (exact) mass is 369 g/mol. The van der Waals surface area contributed by atoms with E-state index in [4.69, 9.17) is 0 Å². The number of H-pyrrole nitrogens is 1. The standard InChI is InChI=1S/C20H23N3O2S/c1-12(2)23-9-8-14-15(6-5-7-17(14)23)19(24)21-11-16-18(26-4)10-13(3)22-20(16)25/h5-10,12H,11H2,1-4H3,(H,21,24)(H,22,25). The second-order valence-corrected chi connectivity index (χ2v) is 7.41. The Morgan fingerprint density at radius 2 is 2.08 bits per heavy atom. The number of aryl methyl sites for hydroxylation is 1. The van der Waals surface area contributed by atoms with Crippen LogP contribution in [0.25, 0.3) is 10.9 Å². The third-order valence-electron chi connectivity index (χ3n) is 4.44.